The number of carbonyl (C=O) groups excluding carboxylic acids is 1. The van der Waals surface area contributed by atoms with Crippen molar-refractivity contribution < 1.29 is 23.4 Å². The van der Waals surface area contributed by atoms with Crippen LogP contribution in [0.5, 0.6) is 17.2 Å². The topological polar surface area (TPSA) is 44.8 Å². The van der Waals surface area contributed by atoms with E-state index in [0.29, 0.717) is 5.75 Å². The predicted molar refractivity (Wildman–Crippen MR) is 108 cm³/mol. The zero-order valence-corrected chi connectivity index (χ0v) is 17.0. The van der Waals surface area contributed by atoms with Crippen molar-refractivity contribution in [1.29, 1.82) is 0 Å². The third kappa shape index (κ3) is 4.17. The molecule has 0 radical (unpaired) electrons. The van der Waals surface area contributed by atoms with Crippen molar-refractivity contribution >= 4 is 21.9 Å². The molecule has 6 heteroatoms. The molecule has 0 unspecified atom stereocenters. The van der Waals surface area contributed by atoms with Crippen LogP contribution < -0.4 is 14.2 Å². The maximum atomic E-state index is 14.7. The van der Waals surface area contributed by atoms with E-state index in [1.807, 2.05) is 30.3 Å². The molecule has 3 rings (SSSR count). The van der Waals surface area contributed by atoms with Crippen molar-refractivity contribution in [2.75, 3.05) is 7.11 Å². The van der Waals surface area contributed by atoms with Crippen molar-refractivity contribution in [2.45, 2.75) is 13.5 Å². The van der Waals surface area contributed by atoms with Gasteiger partial charge in [-0.3, -0.25) is 0 Å². The van der Waals surface area contributed by atoms with Crippen LogP contribution in [0.1, 0.15) is 21.5 Å². The van der Waals surface area contributed by atoms with Crippen LogP contribution in [0.2, 0.25) is 0 Å². The number of hydrogen-bond acceptors (Lipinski definition) is 4. The van der Waals surface area contributed by atoms with E-state index >= 15 is 0 Å². The molecule has 0 aliphatic heterocycles. The summed E-state index contributed by atoms with van der Waals surface area (Å²) in [7, 11) is 1.35. The third-order valence-corrected chi connectivity index (χ3v) is 4.84. The fraction of sp³-hybridized carbons (Fsp3) is 0.136. The number of methoxy groups -OCH3 is 1. The molecule has 0 saturated carbocycles. The summed E-state index contributed by atoms with van der Waals surface area (Å²) in [6, 6.07) is 18.0. The van der Waals surface area contributed by atoms with Crippen LogP contribution in [0.4, 0.5) is 4.39 Å². The summed E-state index contributed by atoms with van der Waals surface area (Å²) < 4.78 is 31.4. The SMILES string of the molecule is COc1c(F)c(C)c(C(=O)Oc2ccccc2)c(OCc2ccccc2)c1Br. The summed E-state index contributed by atoms with van der Waals surface area (Å²) in [4.78, 5) is 12.8. The van der Waals surface area contributed by atoms with E-state index in [0.717, 1.165) is 5.56 Å². The molecule has 0 aliphatic rings. The quantitative estimate of drug-likeness (QED) is 0.361. The monoisotopic (exact) mass is 444 g/mol. The first-order valence-corrected chi connectivity index (χ1v) is 9.31. The van der Waals surface area contributed by atoms with Gasteiger partial charge in [0.2, 0.25) is 0 Å². The number of hydrogen-bond donors (Lipinski definition) is 0. The van der Waals surface area contributed by atoms with Crippen LogP contribution in [-0.2, 0) is 6.61 Å². The van der Waals surface area contributed by atoms with E-state index in [9.17, 15) is 9.18 Å². The highest BCUT2D eigenvalue weighted by atomic mass is 79.9. The predicted octanol–water partition coefficient (Wildman–Crippen LogP) is 5.70. The van der Waals surface area contributed by atoms with Gasteiger partial charge in [-0.25, -0.2) is 9.18 Å². The minimum atomic E-state index is -0.714. The van der Waals surface area contributed by atoms with E-state index in [4.69, 9.17) is 14.2 Å². The summed E-state index contributed by atoms with van der Waals surface area (Å²) >= 11 is 3.31. The van der Waals surface area contributed by atoms with Crippen LogP contribution in [0.25, 0.3) is 0 Å². The van der Waals surface area contributed by atoms with Crippen molar-refractivity contribution in [2.24, 2.45) is 0 Å². The highest BCUT2D eigenvalue weighted by Crippen LogP contribution is 2.42. The van der Waals surface area contributed by atoms with Gasteiger partial charge in [0.15, 0.2) is 17.3 Å². The van der Waals surface area contributed by atoms with Crippen LogP contribution in [0.15, 0.2) is 65.1 Å². The number of carbonyl (C=O) groups is 1. The third-order valence-electron chi connectivity index (χ3n) is 4.12. The van der Waals surface area contributed by atoms with E-state index in [1.165, 1.54) is 14.0 Å². The molecule has 28 heavy (non-hydrogen) atoms. The van der Waals surface area contributed by atoms with Gasteiger partial charge in [-0.2, -0.15) is 0 Å². The zero-order valence-electron chi connectivity index (χ0n) is 15.4. The number of ether oxygens (including phenoxy) is 3. The first kappa shape index (κ1) is 19.9. The van der Waals surface area contributed by atoms with E-state index < -0.39 is 11.8 Å². The summed E-state index contributed by atoms with van der Waals surface area (Å²) in [5, 5.41) is 0. The van der Waals surface area contributed by atoms with Gasteiger partial charge in [0, 0.05) is 5.56 Å². The lowest BCUT2D eigenvalue weighted by Gasteiger charge is -2.18. The molecule has 4 nitrogen and oxygen atoms in total. The van der Waals surface area contributed by atoms with Crippen molar-refractivity contribution in [3.63, 3.8) is 0 Å². The average Bonchev–Trinajstić information content (AvgIpc) is 2.71. The fourth-order valence-corrected chi connectivity index (χ4v) is 3.35. The average molecular weight is 445 g/mol. The molecule has 144 valence electrons. The molecule has 0 spiro atoms. The summed E-state index contributed by atoms with van der Waals surface area (Å²) in [5.41, 5.74) is 0.992. The van der Waals surface area contributed by atoms with Crippen LogP contribution >= 0.6 is 15.9 Å². The van der Waals surface area contributed by atoms with Crippen LogP contribution in [0.3, 0.4) is 0 Å². The molecule has 0 aliphatic carbocycles. The number of benzene rings is 3. The molecular formula is C22H18BrFO4. The van der Waals surface area contributed by atoms with Gasteiger partial charge in [0.1, 0.15) is 22.4 Å². The molecule has 3 aromatic rings. The Morgan fingerprint density at radius 2 is 1.61 bits per heavy atom. The Balaban J connectivity index is 2.02. The lowest BCUT2D eigenvalue weighted by atomic mass is 10.1. The molecule has 0 amide bonds. The second-order valence-corrected chi connectivity index (χ2v) is 6.76. The molecule has 0 atom stereocenters. The van der Waals surface area contributed by atoms with Crippen molar-refractivity contribution in [3.05, 3.63) is 87.6 Å². The number of rotatable bonds is 6. The Bertz CT molecular complexity index is 975. The van der Waals surface area contributed by atoms with E-state index in [-0.39, 0.29) is 33.7 Å². The summed E-state index contributed by atoms with van der Waals surface area (Å²) in [6.45, 7) is 1.68. The van der Waals surface area contributed by atoms with Gasteiger partial charge in [-0.15, -0.1) is 0 Å². The molecule has 0 saturated heterocycles. The maximum absolute atomic E-state index is 14.7. The van der Waals surface area contributed by atoms with E-state index in [2.05, 4.69) is 15.9 Å². The van der Waals surface area contributed by atoms with Crippen molar-refractivity contribution in [3.8, 4) is 17.2 Å². The lowest BCUT2D eigenvalue weighted by Crippen LogP contribution is -2.15. The Kier molecular flexibility index (Phi) is 6.31. The first-order valence-electron chi connectivity index (χ1n) is 8.52. The Morgan fingerprint density at radius 3 is 2.21 bits per heavy atom. The van der Waals surface area contributed by atoms with Crippen LogP contribution in [-0.4, -0.2) is 13.1 Å². The molecule has 0 fully saturated rings. The Labute approximate surface area is 171 Å². The molecule has 0 N–H and O–H groups in total. The van der Waals surface area contributed by atoms with Gasteiger partial charge in [0.05, 0.1) is 7.11 Å². The number of para-hydroxylation sites is 1. The summed E-state index contributed by atoms with van der Waals surface area (Å²) in [5.74, 6) is -0.874. The molecule has 0 bridgehead atoms. The summed E-state index contributed by atoms with van der Waals surface area (Å²) in [6.07, 6.45) is 0. The zero-order chi connectivity index (χ0) is 20.1. The van der Waals surface area contributed by atoms with Gasteiger partial charge < -0.3 is 14.2 Å². The lowest BCUT2D eigenvalue weighted by molar-refractivity contribution is 0.0727. The highest BCUT2D eigenvalue weighted by molar-refractivity contribution is 9.10. The van der Waals surface area contributed by atoms with Gasteiger partial charge >= 0.3 is 5.97 Å². The number of halogens is 2. The normalized spacial score (nSPS) is 10.4. The molecule has 3 aromatic carbocycles. The minimum absolute atomic E-state index is 0.00459. The highest BCUT2D eigenvalue weighted by Gasteiger charge is 2.28. The largest absolute Gasteiger partial charge is 0.492 e. The van der Waals surface area contributed by atoms with E-state index in [1.54, 1.807) is 30.3 Å². The molecular weight excluding hydrogens is 427 g/mol. The van der Waals surface area contributed by atoms with Crippen LogP contribution in [0, 0.1) is 12.7 Å². The number of esters is 1. The smallest absolute Gasteiger partial charge is 0.347 e. The van der Waals surface area contributed by atoms with Gasteiger partial charge in [0.25, 0.3) is 0 Å². The van der Waals surface area contributed by atoms with Gasteiger partial charge in [-0.1, -0.05) is 48.5 Å². The molecule has 0 heterocycles. The first-order chi connectivity index (χ1) is 13.5. The minimum Gasteiger partial charge on any atom is -0.492 e. The maximum Gasteiger partial charge on any atom is 0.347 e. The standard InChI is InChI=1S/C22H18BrFO4/c1-14-17(22(25)28-16-11-7-4-8-12-16)20(18(23)21(26-2)19(14)24)27-13-15-9-5-3-6-10-15/h3-12H,13H2,1-2H3. The fourth-order valence-electron chi connectivity index (χ4n) is 2.70. The molecule has 0 aromatic heterocycles. The Morgan fingerprint density at radius 1 is 1.00 bits per heavy atom. The Hall–Kier alpha value is -2.86. The van der Waals surface area contributed by atoms with Gasteiger partial charge in [-0.05, 0) is 40.5 Å². The second-order valence-electron chi connectivity index (χ2n) is 5.97. The second kappa shape index (κ2) is 8.89. The van der Waals surface area contributed by atoms with Crippen molar-refractivity contribution in [1.82, 2.24) is 0 Å².